The largest absolute Gasteiger partial charge is 0.308 e. The molecule has 0 spiro atoms. The van der Waals surface area contributed by atoms with Crippen LogP contribution in [-0.2, 0) is 0 Å². The molecule has 0 aliphatic rings. The van der Waals surface area contributed by atoms with Crippen molar-refractivity contribution in [2.75, 3.05) is 6.54 Å². The molecular formula is C24H36N2. The van der Waals surface area contributed by atoms with Crippen molar-refractivity contribution < 1.29 is 0 Å². The molecule has 0 bridgehead atoms. The molecule has 0 radical (unpaired) electrons. The van der Waals surface area contributed by atoms with E-state index in [1.807, 2.05) is 0 Å². The third kappa shape index (κ3) is 5.96. The van der Waals surface area contributed by atoms with E-state index in [0.29, 0.717) is 18.1 Å². The van der Waals surface area contributed by atoms with E-state index >= 15 is 0 Å². The third-order valence-corrected chi connectivity index (χ3v) is 5.24. The summed E-state index contributed by atoms with van der Waals surface area (Å²) in [5.74, 6) is 0. The molecule has 0 aliphatic carbocycles. The van der Waals surface area contributed by atoms with Crippen LogP contribution in [0.15, 0.2) is 60.7 Å². The van der Waals surface area contributed by atoms with Crippen molar-refractivity contribution in [2.24, 2.45) is 5.41 Å². The Hall–Kier alpha value is -1.64. The monoisotopic (exact) mass is 352 g/mol. The van der Waals surface area contributed by atoms with Gasteiger partial charge >= 0.3 is 0 Å². The number of hydrogen-bond donors (Lipinski definition) is 2. The molecule has 2 aromatic carbocycles. The van der Waals surface area contributed by atoms with Crippen molar-refractivity contribution in [3.8, 4) is 0 Å². The van der Waals surface area contributed by atoms with E-state index in [0.717, 1.165) is 19.4 Å². The van der Waals surface area contributed by atoms with Gasteiger partial charge in [-0.3, -0.25) is 0 Å². The third-order valence-electron chi connectivity index (χ3n) is 5.24. The van der Waals surface area contributed by atoms with Gasteiger partial charge in [0.05, 0.1) is 0 Å². The summed E-state index contributed by atoms with van der Waals surface area (Å²) in [4.78, 5) is 0. The van der Waals surface area contributed by atoms with Crippen LogP contribution >= 0.6 is 0 Å². The first-order chi connectivity index (χ1) is 12.5. The smallest absolute Gasteiger partial charge is 0.0320 e. The SMILES string of the molecule is CC[C@@H](NC[C@H](N[C@H](CC)c1ccccc1)C(C)(C)C)c1ccccc1. The maximum Gasteiger partial charge on any atom is 0.0320 e. The molecule has 0 heterocycles. The highest BCUT2D eigenvalue weighted by Gasteiger charge is 2.27. The number of hydrogen-bond acceptors (Lipinski definition) is 2. The summed E-state index contributed by atoms with van der Waals surface area (Å²) in [6.45, 7) is 12.5. The molecule has 2 heteroatoms. The Labute approximate surface area is 160 Å². The molecule has 0 aromatic heterocycles. The highest BCUT2D eigenvalue weighted by atomic mass is 15.0. The number of nitrogens with one attached hydrogen (secondary N) is 2. The Morgan fingerprint density at radius 2 is 1.19 bits per heavy atom. The van der Waals surface area contributed by atoms with Gasteiger partial charge in [-0.25, -0.2) is 0 Å². The molecule has 2 N–H and O–H groups in total. The molecule has 2 aromatic rings. The molecule has 2 nitrogen and oxygen atoms in total. The molecule has 0 amide bonds. The van der Waals surface area contributed by atoms with Gasteiger partial charge in [-0.15, -0.1) is 0 Å². The molecule has 0 unspecified atom stereocenters. The molecular weight excluding hydrogens is 316 g/mol. The Bertz CT molecular complexity index is 616. The van der Waals surface area contributed by atoms with Crippen LogP contribution in [0, 0.1) is 5.41 Å². The van der Waals surface area contributed by atoms with Gasteiger partial charge < -0.3 is 10.6 Å². The minimum absolute atomic E-state index is 0.185. The first kappa shape index (κ1) is 20.7. The Balaban J connectivity index is 2.07. The molecule has 26 heavy (non-hydrogen) atoms. The summed E-state index contributed by atoms with van der Waals surface area (Å²) in [5, 5.41) is 7.74. The zero-order chi connectivity index (χ0) is 19.0. The van der Waals surface area contributed by atoms with Gasteiger partial charge in [-0.1, -0.05) is 95.3 Å². The first-order valence-corrected chi connectivity index (χ1v) is 10.0. The zero-order valence-corrected chi connectivity index (χ0v) is 17.1. The van der Waals surface area contributed by atoms with E-state index in [9.17, 15) is 0 Å². The van der Waals surface area contributed by atoms with Gasteiger partial charge in [0.25, 0.3) is 0 Å². The summed E-state index contributed by atoms with van der Waals surface area (Å²) in [7, 11) is 0. The van der Waals surface area contributed by atoms with Gasteiger partial charge in [0.15, 0.2) is 0 Å². The van der Waals surface area contributed by atoms with Crippen LogP contribution in [0.4, 0.5) is 0 Å². The van der Waals surface area contributed by atoms with Gasteiger partial charge in [0.1, 0.15) is 0 Å². The maximum atomic E-state index is 3.93. The van der Waals surface area contributed by atoms with Crippen molar-refractivity contribution in [1.82, 2.24) is 10.6 Å². The lowest BCUT2D eigenvalue weighted by Crippen LogP contribution is -2.49. The van der Waals surface area contributed by atoms with Crippen molar-refractivity contribution in [3.05, 3.63) is 71.8 Å². The minimum atomic E-state index is 0.185. The molecule has 0 saturated heterocycles. The Morgan fingerprint density at radius 1 is 0.731 bits per heavy atom. The van der Waals surface area contributed by atoms with E-state index in [2.05, 4.69) is 106 Å². The van der Waals surface area contributed by atoms with Crippen LogP contribution in [0.5, 0.6) is 0 Å². The van der Waals surface area contributed by atoms with E-state index in [1.165, 1.54) is 11.1 Å². The molecule has 142 valence electrons. The molecule has 2 rings (SSSR count). The minimum Gasteiger partial charge on any atom is -0.308 e. The molecule has 0 aliphatic heterocycles. The average molecular weight is 353 g/mol. The highest BCUT2D eigenvalue weighted by molar-refractivity contribution is 5.20. The van der Waals surface area contributed by atoms with Crippen LogP contribution in [0.1, 0.15) is 70.7 Å². The predicted molar refractivity (Wildman–Crippen MR) is 113 cm³/mol. The van der Waals surface area contributed by atoms with E-state index in [4.69, 9.17) is 0 Å². The number of benzene rings is 2. The average Bonchev–Trinajstić information content (AvgIpc) is 2.65. The molecule has 3 atom stereocenters. The summed E-state index contributed by atoms with van der Waals surface area (Å²) in [6.07, 6.45) is 2.18. The van der Waals surface area contributed by atoms with Crippen LogP contribution in [0.3, 0.4) is 0 Å². The summed E-state index contributed by atoms with van der Waals surface area (Å²) in [6, 6.07) is 22.8. The highest BCUT2D eigenvalue weighted by Crippen LogP contribution is 2.25. The van der Waals surface area contributed by atoms with Gasteiger partial charge in [0.2, 0.25) is 0 Å². The number of rotatable bonds is 9. The summed E-state index contributed by atoms with van der Waals surface area (Å²) >= 11 is 0. The lowest BCUT2D eigenvalue weighted by Gasteiger charge is -2.36. The summed E-state index contributed by atoms with van der Waals surface area (Å²) in [5.41, 5.74) is 2.93. The fraction of sp³-hybridized carbons (Fsp3) is 0.500. The van der Waals surface area contributed by atoms with E-state index in [1.54, 1.807) is 0 Å². The first-order valence-electron chi connectivity index (χ1n) is 10.0. The fourth-order valence-corrected chi connectivity index (χ4v) is 3.44. The van der Waals surface area contributed by atoms with Gasteiger partial charge in [-0.05, 0) is 29.4 Å². The molecule has 0 fully saturated rings. The topological polar surface area (TPSA) is 24.1 Å². The quantitative estimate of drug-likeness (QED) is 0.588. The van der Waals surface area contributed by atoms with Crippen LogP contribution in [-0.4, -0.2) is 12.6 Å². The normalized spacial score (nSPS) is 15.4. The van der Waals surface area contributed by atoms with Crippen LogP contribution in [0.25, 0.3) is 0 Å². The standard InChI is InChI=1S/C24H36N2/c1-6-21(19-14-10-8-11-15-19)25-18-23(24(3,4)5)26-22(7-2)20-16-12-9-13-17-20/h8-17,21-23,25-26H,6-7,18H2,1-5H3/t21-,22-,23+/m1/s1. The van der Waals surface area contributed by atoms with E-state index < -0.39 is 0 Å². The lowest BCUT2D eigenvalue weighted by molar-refractivity contribution is 0.230. The Morgan fingerprint density at radius 3 is 1.62 bits per heavy atom. The van der Waals surface area contributed by atoms with Gasteiger partial charge in [0, 0.05) is 24.7 Å². The second kappa shape index (κ2) is 9.89. The van der Waals surface area contributed by atoms with Gasteiger partial charge in [-0.2, -0.15) is 0 Å². The zero-order valence-electron chi connectivity index (χ0n) is 17.1. The van der Waals surface area contributed by atoms with Crippen molar-refractivity contribution >= 4 is 0 Å². The maximum absolute atomic E-state index is 3.93. The van der Waals surface area contributed by atoms with Crippen LogP contribution < -0.4 is 10.6 Å². The fourth-order valence-electron chi connectivity index (χ4n) is 3.44. The second-order valence-corrected chi connectivity index (χ2v) is 8.24. The van der Waals surface area contributed by atoms with Crippen molar-refractivity contribution in [2.45, 2.75) is 65.6 Å². The Kier molecular flexibility index (Phi) is 7.86. The predicted octanol–water partition coefficient (Wildman–Crippen LogP) is 5.88. The molecule has 0 saturated carbocycles. The van der Waals surface area contributed by atoms with Crippen LogP contribution in [0.2, 0.25) is 0 Å². The van der Waals surface area contributed by atoms with Crippen molar-refractivity contribution in [1.29, 1.82) is 0 Å². The van der Waals surface area contributed by atoms with E-state index in [-0.39, 0.29) is 5.41 Å². The lowest BCUT2D eigenvalue weighted by atomic mass is 9.85. The van der Waals surface area contributed by atoms with Crippen molar-refractivity contribution in [3.63, 3.8) is 0 Å². The second-order valence-electron chi connectivity index (χ2n) is 8.24. The summed E-state index contributed by atoms with van der Waals surface area (Å²) < 4.78 is 0.